The van der Waals surface area contributed by atoms with Gasteiger partial charge in [-0.05, 0) is 27.2 Å². The second-order valence-corrected chi connectivity index (χ2v) is 6.82. The molecule has 1 aliphatic rings. The first kappa shape index (κ1) is 14.6. The molecule has 0 unspecified atom stereocenters. The first-order valence-electron chi connectivity index (χ1n) is 6.83. The molecule has 0 atom stereocenters. The number of nitrogens with one attached hydrogen (secondary N) is 1. The fraction of sp³-hybridized carbons (Fsp3) is 0.417. The Hall–Kier alpha value is -1.34. The Kier molecular flexibility index (Phi) is 3.79. The topological polar surface area (TPSA) is 71.1 Å². The average molecular weight is 349 g/mol. The summed E-state index contributed by atoms with van der Waals surface area (Å²) in [5, 5.41) is 7.75. The molecule has 1 aliphatic heterocycles. The largest absolute Gasteiger partial charge is 0.380 e. The first-order chi connectivity index (χ1) is 9.96. The van der Waals surface area contributed by atoms with Gasteiger partial charge >= 0.3 is 0 Å². The molecule has 108 valence electrons. The molecule has 3 rings (SSSR count). The van der Waals surface area contributed by atoms with E-state index >= 15 is 0 Å². The molecule has 1 fully saturated rings. The summed E-state index contributed by atoms with van der Waals surface area (Å²) in [6, 6.07) is 1.74. The lowest BCUT2D eigenvalue weighted by Gasteiger charge is -2.28. The molecule has 1 amide bonds. The second kappa shape index (κ2) is 5.46. The molecule has 0 radical (unpaired) electrons. The van der Waals surface area contributed by atoms with Gasteiger partial charge in [0, 0.05) is 25.9 Å². The van der Waals surface area contributed by atoms with Crippen molar-refractivity contribution in [2.24, 2.45) is 0 Å². The van der Waals surface area contributed by atoms with Crippen LogP contribution in [-0.4, -0.2) is 68.0 Å². The summed E-state index contributed by atoms with van der Waals surface area (Å²) in [7, 11) is 4.20. The Morgan fingerprint density at radius 1 is 1.52 bits per heavy atom. The Morgan fingerprint density at radius 3 is 3.14 bits per heavy atom. The molecule has 0 spiro atoms. The van der Waals surface area contributed by atoms with Gasteiger partial charge in [0.2, 0.25) is 0 Å². The SMILES string of the molecule is BC1(B)COCCN(C(=O)c2cc3[nH]nc(Br)c3cn2)C1. The van der Waals surface area contributed by atoms with E-state index in [-0.39, 0.29) is 11.1 Å². The van der Waals surface area contributed by atoms with Crippen molar-refractivity contribution in [1.29, 1.82) is 0 Å². The number of aromatic nitrogens is 3. The van der Waals surface area contributed by atoms with Gasteiger partial charge in [-0.25, -0.2) is 0 Å². The van der Waals surface area contributed by atoms with Crippen molar-refractivity contribution in [3.8, 4) is 0 Å². The van der Waals surface area contributed by atoms with Crippen LogP contribution < -0.4 is 0 Å². The lowest BCUT2D eigenvalue weighted by Crippen LogP contribution is -2.39. The van der Waals surface area contributed by atoms with Crippen LogP contribution in [0.15, 0.2) is 16.9 Å². The quantitative estimate of drug-likeness (QED) is 0.710. The number of nitrogens with zero attached hydrogens (tertiary/aromatic N) is 3. The number of carbonyl (C=O) groups is 1. The number of ether oxygens (including phenoxy) is 1. The van der Waals surface area contributed by atoms with E-state index in [9.17, 15) is 4.79 Å². The van der Waals surface area contributed by atoms with Crippen LogP contribution in [-0.2, 0) is 4.74 Å². The van der Waals surface area contributed by atoms with Gasteiger partial charge in [-0.1, -0.05) is 0 Å². The summed E-state index contributed by atoms with van der Waals surface area (Å²) >= 11 is 3.34. The number of pyridine rings is 1. The van der Waals surface area contributed by atoms with Crippen LogP contribution >= 0.6 is 15.9 Å². The maximum atomic E-state index is 12.7. The zero-order valence-corrected chi connectivity index (χ0v) is 13.6. The molecule has 0 saturated carbocycles. The Morgan fingerprint density at radius 2 is 2.33 bits per heavy atom. The molecular formula is C12H15B2BrN4O2. The molecular weight excluding hydrogens is 334 g/mol. The van der Waals surface area contributed by atoms with Gasteiger partial charge in [-0.2, -0.15) is 5.10 Å². The number of amides is 1. The van der Waals surface area contributed by atoms with Crippen LogP contribution in [0.5, 0.6) is 0 Å². The molecule has 1 saturated heterocycles. The summed E-state index contributed by atoms with van der Waals surface area (Å²) in [6.45, 7) is 2.48. The van der Waals surface area contributed by atoms with Gasteiger partial charge in [0.25, 0.3) is 5.91 Å². The summed E-state index contributed by atoms with van der Waals surface area (Å²) in [6.07, 6.45) is 1.66. The monoisotopic (exact) mass is 348 g/mol. The van der Waals surface area contributed by atoms with E-state index in [1.807, 2.05) is 4.90 Å². The van der Waals surface area contributed by atoms with Gasteiger partial charge < -0.3 is 9.64 Å². The van der Waals surface area contributed by atoms with E-state index in [1.165, 1.54) is 0 Å². The third kappa shape index (κ3) is 2.98. The van der Waals surface area contributed by atoms with Crippen LogP contribution in [0, 0.1) is 0 Å². The normalized spacial score (nSPS) is 18.6. The summed E-state index contributed by atoms with van der Waals surface area (Å²) < 4.78 is 6.27. The highest BCUT2D eigenvalue weighted by Gasteiger charge is 2.29. The molecule has 0 bridgehead atoms. The van der Waals surface area contributed by atoms with Crippen LogP contribution in [0.4, 0.5) is 0 Å². The highest BCUT2D eigenvalue weighted by atomic mass is 79.9. The zero-order chi connectivity index (χ0) is 15.0. The van der Waals surface area contributed by atoms with Crippen molar-refractivity contribution in [2.75, 3.05) is 26.3 Å². The molecule has 1 N–H and O–H groups in total. The van der Waals surface area contributed by atoms with E-state index in [1.54, 1.807) is 12.3 Å². The van der Waals surface area contributed by atoms with Crippen molar-refractivity contribution in [3.63, 3.8) is 0 Å². The summed E-state index contributed by atoms with van der Waals surface area (Å²) in [5.74, 6) is -0.0683. The first-order valence-corrected chi connectivity index (χ1v) is 7.62. The van der Waals surface area contributed by atoms with E-state index in [4.69, 9.17) is 4.74 Å². The predicted octanol–water partition coefficient (Wildman–Crippen LogP) is -0.425. The minimum Gasteiger partial charge on any atom is -0.380 e. The zero-order valence-electron chi connectivity index (χ0n) is 12.0. The number of hydrogen-bond acceptors (Lipinski definition) is 4. The molecule has 0 aliphatic carbocycles. The fourth-order valence-electron chi connectivity index (χ4n) is 2.50. The molecule has 3 heterocycles. The number of fused-ring (bicyclic) bond motifs is 1. The Labute approximate surface area is 132 Å². The average Bonchev–Trinajstić information content (AvgIpc) is 2.71. The lowest BCUT2D eigenvalue weighted by atomic mass is 9.55. The summed E-state index contributed by atoms with van der Waals surface area (Å²) in [5.41, 5.74) is 1.22. The van der Waals surface area contributed by atoms with E-state index in [2.05, 4.69) is 46.8 Å². The van der Waals surface area contributed by atoms with Crippen molar-refractivity contribution < 1.29 is 9.53 Å². The Balaban J connectivity index is 1.88. The minimum atomic E-state index is -0.0683. The van der Waals surface area contributed by atoms with Crippen molar-refractivity contribution in [1.82, 2.24) is 20.1 Å². The van der Waals surface area contributed by atoms with E-state index in [0.29, 0.717) is 36.6 Å². The lowest BCUT2D eigenvalue weighted by molar-refractivity contribution is 0.0735. The number of H-pyrrole nitrogens is 1. The van der Waals surface area contributed by atoms with Crippen LogP contribution in [0.1, 0.15) is 10.5 Å². The van der Waals surface area contributed by atoms with Crippen LogP contribution in [0.25, 0.3) is 10.9 Å². The Bertz CT molecular complexity index is 691. The highest BCUT2D eigenvalue weighted by Crippen LogP contribution is 2.24. The molecule has 6 nitrogen and oxygen atoms in total. The van der Waals surface area contributed by atoms with Gasteiger partial charge in [0.1, 0.15) is 26.0 Å². The van der Waals surface area contributed by atoms with E-state index in [0.717, 1.165) is 10.9 Å². The molecule has 21 heavy (non-hydrogen) atoms. The minimum absolute atomic E-state index is 0.0483. The highest BCUT2D eigenvalue weighted by molar-refractivity contribution is 9.10. The number of carbonyl (C=O) groups excluding carboxylic acids is 1. The number of rotatable bonds is 1. The van der Waals surface area contributed by atoms with Gasteiger partial charge in [-0.3, -0.25) is 14.9 Å². The molecule has 2 aromatic rings. The smallest absolute Gasteiger partial charge is 0.272 e. The third-order valence-electron chi connectivity index (χ3n) is 3.52. The van der Waals surface area contributed by atoms with Crippen LogP contribution in [0.3, 0.4) is 0 Å². The predicted molar refractivity (Wildman–Crippen MR) is 88.1 cm³/mol. The molecule has 0 aromatic carbocycles. The summed E-state index contributed by atoms with van der Waals surface area (Å²) in [4.78, 5) is 18.7. The van der Waals surface area contributed by atoms with Gasteiger partial charge in [0.15, 0.2) is 0 Å². The van der Waals surface area contributed by atoms with Gasteiger partial charge in [0.05, 0.1) is 17.5 Å². The molecule has 2 aromatic heterocycles. The van der Waals surface area contributed by atoms with Crippen molar-refractivity contribution in [2.45, 2.75) is 5.21 Å². The maximum Gasteiger partial charge on any atom is 0.272 e. The third-order valence-corrected chi connectivity index (χ3v) is 4.13. The fourth-order valence-corrected chi connectivity index (χ4v) is 2.90. The standard InChI is InChI=1S/C12H15B2BrN4O2/c13-12(14)5-19(1-2-21-6-12)11(20)9-3-8-7(4-16-9)10(15)18-17-8/h3-4H,1-2,5-6,13-14H2,(H,17,18). The van der Waals surface area contributed by atoms with Crippen molar-refractivity contribution >= 4 is 48.4 Å². The van der Waals surface area contributed by atoms with Gasteiger partial charge in [-0.15, -0.1) is 0 Å². The number of hydrogen-bond donors (Lipinski definition) is 1. The van der Waals surface area contributed by atoms with E-state index < -0.39 is 0 Å². The second-order valence-electron chi connectivity index (χ2n) is 6.07. The molecule has 9 heteroatoms. The van der Waals surface area contributed by atoms with Crippen molar-refractivity contribution in [3.05, 3.63) is 22.6 Å². The maximum absolute atomic E-state index is 12.7. The van der Waals surface area contributed by atoms with Crippen LogP contribution in [0.2, 0.25) is 5.21 Å². The number of aromatic amines is 1. The number of halogens is 1.